The Hall–Kier alpha value is -1.56. The number of benzene rings is 1. The Labute approximate surface area is 99.3 Å². The highest BCUT2D eigenvalue weighted by Gasteiger charge is 2.42. The molecular weight excluding hydrogens is 244 g/mol. The van der Waals surface area contributed by atoms with E-state index in [1.165, 1.54) is 33.3 Å². The van der Waals surface area contributed by atoms with Crippen LogP contribution in [0.15, 0.2) is 17.0 Å². The van der Waals surface area contributed by atoms with Gasteiger partial charge < -0.3 is 9.47 Å². The SMILES string of the molecule is COc1cc2c(cc1OC)S(=O)(=O)C(C)C2=O. The summed E-state index contributed by atoms with van der Waals surface area (Å²) < 4.78 is 34.0. The Balaban J connectivity index is 2.76. The third kappa shape index (κ3) is 1.51. The van der Waals surface area contributed by atoms with Crippen LogP contribution in [0, 0.1) is 0 Å². The molecule has 1 aromatic carbocycles. The molecular formula is C11H12O5S. The van der Waals surface area contributed by atoms with Crippen LogP contribution in [0.2, 0.25) is 0 Å². The Morgan fingerprint density at radius 2 is 1.65 bits per heavy atom. The molecule has 17 heavy (non-hydrogen) atoms. The van der Waals surface area contributed by atoms with Crippen molar-refractivity contribution >= 4 is 15.6 Å². The summed E-state index contributed by atoms with van der Waals surface area (Å²) in [6, 6.07) is 2.75. The fraction of sp³-hybridized carbons (Fsp3) is 0.364. The van der Waals surface area contributed by atoms with Crippen LogP contribution in [-0.4, -0.2) is 33.7 Å². The summed E-state index contributed by atoms with van der Waals surface area (Å²) in [6.45, 7) is 1.39. The summed E-state index contributed by atoms with van der Waals surface area (Å²) in [7, 11) is -0.730. The van der Waals surface area contributed by atoms with Gasteiger partial charge in [-0.3, -0.25) is 4.79 Å². The zero-order valence-corrected chi connectivity index (χ0v) is 10.5. The zero-order valence-electron chi connectivity index (χ0n) is 9.68. The summed E-state index contributed by atoms with van der Waals surface area (Å²) in [5.74, 6) is 0.251. The topological polar surface area (TPSA) is 69.7 Å². The smallest absolute Gasteiger partial charge is 0.189 e. The number of Topliss-reactive ketones (excluding diaryl/α,β-unsaturated/α-hetero) is 1. The molecule has 0 N–H and O–H groups in total. The van der Waals surface area contributed by atoms with Crippen LogP contribution in [0.3, 0.4) is 0 Å². The van der Waals surface area contributed by atoms with Gasteiger partial charge in [0.15, 0.2) is 27.1 Å². The maximum Gasteiger partial charge on any atom is 0.189 e. The molecule has 1 unspecified atom stereocenters. The van der Waals surface area contributed by atoms with Crippen molar-refractivity contribution in [3.63, 3.8) is 0 Å². The average molecular weight is 256 g/mol. The van der Waals surface area contributed by atoms with Gasteiger partial charge in [0.2, 0.25) is 0 Å². The van der Waals surface area contributed by atoms with E-state index in [0.29, 0.717) is 11.5 Å². The second-order valence-electron chi connectivity index (χ2n) is 3.75. The van der Waals surface area contributed by atoms with Crippen LogP contribution >= 0.6 is 0 Å². The molecule has 0 amide bonds. The molecule has 1 aromatic rings. The molecule has 92 valence electrons. The lowest BCUT2D eigenvalue weighted by atomic mass is 10.1. The second kappa shape index (κ2) is 3.73. The van der Waals surface area contributed by atoms with Crippen LogP contribution in [0.4, 0.5) is 0 Å². The summed E-state index contributed by atoms with van der Waals surface area (Å²) >= 11 is 0. The minimum absolute atomic E-state index is 0.0210. The monoisotopic (exact) mass is 256 g/mol. The van der Waals surface area contributed by atoms with Gasteiger partial charge in [-0.1, -0.05) is 0 Å². The predicted molar refractivity (Wildman–Crippen MR) is 60.5 cm³/mol. The van der Waals surface area contributed by atoms with Crippen LogP contribution in [-0.2, 0) is 9.84 Å². The number of hydrogen-bond donors (Lipinski definition) is 0. The molecule has 2 rings (SSSR count). The van der Waals surface area contributed by atoms with E-state index in [0.717, 1.165) is 0 Å². The maximum atomic E-state index is 11.9. The highest BCUT2D eigenvalue weighted by atomic mass is 32.2. The van der Waals surface area contributed by atoms with Crippen molar-refractivity contribution < 1.29 is 22.7 Å². The van der Waals surface area contributed by atoms with Gasteiger partial charge in [-0.15, -0.1) is 0 Å². The highest BCUT2D eigenvalue weighted by Crippen LogP contribution is 2.39. The molecule has 0 radical (unpaired) electrons. The van der Waals surface area contributed by atoms with Gasteiger partial charge in [0.1, 0.15) is 5.25 Å². The van der Waals surface area contributed by atoms with E-state index in [1.54, 1.807) is 0 Å². The summed E-state index contributed by atoms with van der Waals surface area (Å²) in [6.07, 6.45) is 0. The number of carbonyl (C=O) groups is 1. The first-order valence-electron chi connectivity index (χ1n) is 4.97. The van der Waals surface area contributed by atoms with E-state index >= 15 is 0 Å². The molecule has 5 nitrogen and oxygen atoms in total. The second-order valence-corrected chi connectivity index (χ2v) is 5.99. The Kier molecular flexibility index (Phi) is 2.61. The molecule has 0 saturated heterocycles. The first kappa shape index (κ1) is 11.9. The Morgan fingerprint density at radius 1 is 1.12 bits per heavy atom. The summed E-state index contributed by atoms with van der Waals surface area (Å²) in [5.41, 5.74) is 0.176. The summed E-state index contributed by atoms with van der Waals surface area (Å²) in [5, 5.41) is -1.03. The fourth-order valence-corrected chi connectivity index (χ4v) is 3.37. The number of fused-ring (bicyclic) bond motifs is 1. The molecule has 0 bridgehead atoms. The van der Waals surface area contributed by atoms with Gasteiger partial charge in [0.05, 0.1) is 19.1 Å². The van der Waals surface area contributed by atoms with Crippen LogP contribution in [0.1, 0.15) is 17.3 Å². The normalized spacial score (nSPS) is 21.1. The molecule has 6 heteroatoms. The van der Waals surface area contributed by atoms with Crippen LogP contribution in [0.25, 0.3) is 0 Å². The van der Waals surface area contributed by atoms with E-state index in [2.05, 4.69) is 0 Å². The van der Waals surface area contributed by atoms with E-state index in [4.69, 9.17) is 9.47 Å². The van der Waals surface area contributed by atoms with Crippen LogP contribution < -0.4 is 9.47 Å². The fourth-order valence-electron chi connectivity index (χ4n) is 1.84. The largest absolute Gasteiger partial charge is 0.493 e. The number of sulfone groups is 1. The molecule has 1 heterocycles. The van der Waals surface area contributed by atoms with Gasteiger partial charge in [0, 0.05) is 11.6 Å². The van der Waals surface area contributed by atoms with Crippen molar-refractivity contribution in [2.75, 3.05) is 14.2 Å². The number of ketones is 1. The van der Waals surface area contributed by atoms with Gasteiger partial charge in [-0.2, -0.15) is 0 Å². The van der Waals surface area contributed by atoms with Crippen LogP contribution in [0.5, 0.6) is 11.5 Å². The van der Waals surface area contributed by atoms with Crippen molar-refractivity contribution in [1.29, 1.82) is 0 Å². The molecule has 1 aliphatic rings. The minimum atomic E-state index is -3.58. The Bertz CT molecular complexity index is 588. The maximum absolute atomic E-state index is 11.9. The van der Waals surface area contributed by atoms with E-state index in [9.17, 15) is 13.2 Å². The summed E-state index contributed by atoms with van der Waals surface area (Å²) in [4.78, 5) is 11.8. The molecule has 1 atom stereocenters. The van der Waals surface area contributed by atoms with Gasteiger partial charge in [-0.05, 0) is 13.0 Å². The van der Waals surface area contributed by atoms with E-state index in [-0.39, 0.29) is 10.5 Å². The quantitative estimate of drug-likeness (QED) is 0.791. The van der Waals surface area contributed by atoms with Gasteiger partial charge in [-0.25, -0.2) is 8.42 Å². The van der Waals surface area contributed by atoms with E-state index < -0.39 is 20.9 Å². The number of rotatable bonds is 2. The molecule has 1 aliphatic heterocycles. The first-order chi connectivity index (χ1) is 7.93. The highest BCUT2D eigenvalue weighted by molar-refractivity contribution is 7.93. The number of carbonyl (C=O) groups excluding carboxylic acids is 1. The van der Waals surface area contributed by atoms with Gasteiger partial charge >= 0.3 is 0 Å². The van der Waals surface area contributed by atoms with Gasteiger partial charge in [0.25, 0.3) is 0 Å². The van der Waals surface area contributed by atoms with Crippen molar-refractivity contribution in [3.05, 3.63) is 17.7 Å². The average Bonchev–Trinajstić information content (AvgIpc) is 2.49. The Morgan fingerprint density at radius 3 is 2.18 bits per heavy atom. The lowest BCUT2D eigenvalue weighted by Crippen LogP contribution is -2.17. The predicted octanol–water partition coefficient (Wildman–Crippen LogP) is 1.06. The van der Waals surface area contributed by atoms with Crippen molar-refractivity contribution in [2.24, 2.45) is 0 Å². The molecule has 0 aliphatic carbocycles. The minimum Gasteiger partial charge on any atom is -0.493 e. The third-order valence-corrected chi connectivity index (χ3v) is 4.99. The lowest BCUT2D eigenvalue weighted by molar-refractivity contribution is 0.0994. The third-order valence-electron chi connectivity index (χ3n) is 2.89. The first-order valence-corrected chi connectivity index (χ1v) is 6.52. The lowest BCUT2D eigenvalue weighted by Gasteiger charge is -2.08. The zero-order chi connectivity index (χ0) is 12.8. The van der Waals surface area contributed by atoms with E-state index in [1.807, 2.05) is 0 Å². The number of ether oxygens (including phenoxy) is 2. The standard InChI is InChI=1S/C11H12O5S/c1-6-11(12)7-4-8(15-2)9(16-3)5-10(7)17(6,13)14/h4-6H,1-3H3. The van der Waals surface area contributed by atoms with Crippen molar-refractivity contribution in [3.8, 4) is 11.5 Å². The molecule has 0 spiro atoms. The van der Waals surface area contributed by atoms with Crippen molar-refractivity contribution in [2.45, 2.75) is 17.1 Å². The van der Waals surface area contributed by atoms with Crippen molar-refractivity contribution in [1.82, 2.24) is 0 Å². The molecule has 0 fully saturated rings. The molecule has 0 aromatic heterocycles. The number of hydrogen-bond acceptors (Lipinski definition) is 5. The number of methoxy groups -OCH3 is 2. The molecule has 0 saturated carbocycles.